The predicted octanol–water partition coefficient (Wildman–Crippen LogP) is 3.49. The lowest BCUT2D eigenvalue weighted by Crippen LogP contribution is -2.56. The van der Waals surface area contributed by atoms with Gasteiger partial charge in [-0.1, -0.05) is 36.4 Å². The molecule has 0 aromatic heterocycles. The third kappa shape index (κ3) is 3.59. The van der Waals surface area contributed by atoms with Gasteiger partial charge in [0.2, 0.25) is 0 Å². The van der Waals surface area contributed by atoms with Gasteiger partial charge in [0.25, 0.3) is 0 Å². The molecule has 158 valence electrons. The number of likely N-dealkylation sites (tertiary alicyclic amines) is 1. The van der Waals surface area contributed by atoms with Gasteiger partial charge in [0.05, 0.1) is 19.3 Å². The molecule has 2 unspecified atom stereocenters. The Morgan fingerprint density at radius 1 is 1.07 bits per heavy atom. The van der Waals surface area contributed by atoms with Crippen LogP contribution in [0.5, 0.6) is 0 Å². The summed E-state index contributed by atoms with van der Waals surface area (Å²) in [5.41, 5.74) is 3.20. The Hall–Kier alpha value is -2.44. The molecule has 5 nitrogen and oxygen atoms in total. The maximum atomic E-state index is 13.6. The minimum Gasteiger partial charge on any atom is -0.445 e. The highest BCUT2D eigenvalue weighted by atomic mass is 19.1. The topological polar surface area (TPSA) is 42.0 Å². The first kappa shape index (κ1) is 19.5. The van der Waals surface area contributed by atoms with Gasteiger partial charge in [0.15, 0.2) is 0 Å². The van der Waals surface area contributed by atoms with Crippen molar-refractivity contribution >= 4 is 6.09 Å². The van der Waals surface area contributed by atoms with Gasteiger partial charge >= 0.3 is 6.09 Å². The average molecular weight is 410 g/mol. The van der Waals surface area contributed by atoms with Crippen molar-refractivity contribution in [1.82, 2.24) is 9.80 Å². The van der Waals surface area contributed by atoms with Gasteiger partial charge in [0.1, 0.15) is 11.9 Å². The number of piperidine rings is 1. The minimum absolute atomic E-state index is 0.117. The smallest absolute Gasteiger partial charge is 0.410 e. The van der Waals surface area contributed by atoms with Gasteiger partial charge < -0.3 is 14.4 Å². The number of hydrogen-bond acceptors (Lipinski definition) is 4. The van der Waals surface area contributed by atoms with Crippen LogP contribution in [0.3, 0.4) is 0 Å². The van der Waals surface area contributed by atoms with E-state index in [0.29, 0.717) is 19.8 Å². The lowest BCUT2D eigenvalue weighted by Gasteiger charge is -2.46. The molecule has 3 aliphatic rings. The first-order valence-electron chi connectivity index (χ1n) is 10.7. The van der Waals surface area contributed by atoms with Crippen molar-refractivity contribution in [2.45, 2.75) is 18.6 Å². The molecule has 0 saturated carbocycles. The van der Waals surface area contributed by atoms with Crippen LogP contribution in [0.25, 0.3) is 0 Å². The molecule has 2 aromatic carbocycles. The quantitative estimate of drug-likeness (QED) is 0.760. The van der Waals surface area contributed by atoms with Crippen LogP contribution in [0.2, 0.25) is 0 Å². The summed E-state index contributed by atoms with van der Waals surface area (Å²) in [7, 11) is 2.11. The lowest BCUT2D eigenvalue weighted by molar-refractivity contribution is -0.127. The zero-order valence-corrected chi connectivity index (χ0v) is 17.2. The van der Waals surface area contributed by atoms with Crippen molar-refractivity contribution in [3.05, 3.63) is 71.0 Å². The number of halogens is 1. The monoisotopic (exact) mass is 410 g/mol. The van der Waals surface area contributed by atoms with Crippen LogP contribution in [0.15, 0.2) is 48.5 Å². The Bertz CT molecular complexity index is 905. The number of carbonyl (C=O) groups excluding carboxylic acids is 1. The zero-order valence-electron chi connectivity index (χ0n) is 17.2. The summed E-state index contributed by atoms with van der Waals surface area (Å²) in [6, 6.07) is 14.3. The van der Waals surface area contributed by atoms with Crippen LogP contribution in [0.4, 0.5) is 9.18 Å². The summed E-state index contributed by atoms with van der Waals surface area (Å²) in [5.74, 6) is 0.122. The highest BCUT2D eigenvalue weighted by molar-refractivity contribution is 5.70. The van der Waals surface area contributed by atoms with E-state index in [0.717, 1.165) is 30.6 Å². The summed E-state index contributed by atoms with van der Waals surface area (Å²) in [4.78, 5) is 17.5. The van der Waals surface area contributed by atoms with Crippen LogP contribution in [-0.4, -0.2) is 61.9 Å². The Morgan fingerprint density at radius 3 is 2.50 bits per heavy atom. The third-order valence-corrected chi connectivity index (χ3v) is 6.63. The number of carbonyl (C=O) groups is 1. The van der Waals surface area contributed by atoms with E-state index in [9.17, 15) is 9.18 Å². The molecule has 1 amide bonds. The van der Waals surface area contributed by atoms with Crippen LogP contribution in [-0.2, 0) is 15.9 Å². The first-order valence-corrected chi connectivity index (χ1v) is 10.7. The predicted molar refractivity (Wildman–Crippen MR) is 111 cm³/mol. The van der Waals surface area contributed by atoms with E-state index in [1.807, 2.05) is 17.0 Å². The second kappa shape index (κ2) is 8.00. The number of rotatable bonds is 2. The molecule has 4 atom stereocenters. The Morgan fingerprint density at radius 2 is 1.77 bits per heavy atom. The molecule has 0 aliphatic carbocycles. The molecule has 5 rings (SSSR count). The van der Waals surface area contributed by atoms with Crippen molar-refractivity contribution in [2.75, 3.05) is 39.9 Å². The number of fused-ring (bicyclic) bond motifs is 3. The molecule has 6 heteroatoms. The number of amides is 1. The minimum atomic E-state index is -0.287. The van der Waals surface area contributed by atoms with E-state index in [2.05, 4.69) is 24.1 Å². The van der Waals surface area contributed by atoms with Gasteiger partial charge in [-0.25, -0.2) is 9.18 Å². The maximum Gasteiger partial charge on any atom is 0.410 e. The number of ether oxygens (including phenoxy) is 2. The Kier molecular flexibility index (Phi) is 5.21. The average Bonchev–Trinajstić information content (AvgIpc) is 2.74. The van der Waals surface area contributed by atoms with Gasteiger partial charge in [-0.05, 0) is 42.3 Å². The van der Waals surface area contributed by atoms with Crippen LogP contribution >= 0.6 is 0 Å². The summed E-state index contributed by atoms with van der Waals surface area (Å²) in [5, 5.41) is 0. The van der Waals surface area contributed by atoms with E-state index in [1.165, 1.54) is 17.7 Å². The molecule has 0 spiro atoms. The molecule has 30 heavy (non-hydrogen) atoms. The normalized spacial score (nSPS) is 28.7. The fraction of sp³-hybridized carbons (Fsp3) is 0.458. The second-order valence-electron chi connectivity index (χ2n) is 8.72. The molecular formula is C24H27FN2O3. The second-order valence-corrected chi connectivity index (χ2v) is 8.72. The van der Waals surface area contributed by atoms with Crippen molar-refractivity contribution in [1.29, 1.82) is 0 Å². The summed E-state index contributed by atoms with van der Waals surface area (Å²) >= 11 is 0. The first-order chi connectivity index (χ1) is 14.6. The van der Waals surface area contributed by atoms with Gasteiger partial charge in [-0.3, -0.25) is 4.90 Å². The number of nitrogens with zero attached hydrogens (tertiary/aromatic N) is 2. The highest BCUT2D eigenvalue weighted by Crippen LogP contribution is 2.37. The van der Waals surface area contributed by atoms with Gasteiger partial charge in [-0.15, -0.1) is 0 Å². The molecule has 0 radical (unpaired) electrons. The highest BCUT2D eigenvalue weighted by Gasteiger charge is 2.43. The van der Waals surface area contributed by atoms with Crippen LogP contribution in [0, 0.1) is 17.7 Å². The van der Waals surface area contributed by atoms with Crippen molar-refractivity contribution < 1.29 is 18.7 Å². The standard InChI is InChI=1S/C24H27FN2O3/c1-26-12-18-14-29-15-19(13-26)23(18)30-24(28)27-11-10-16-4-2-3-5-21(16)22(27)17-6-8-20(25)9-7-17/h2-9,18-19,22-23H,10-15H2,1H3/t18-,19?,22-,23?/m0/s1. The SMILES string of the molecule is CN1CC2COC[C@H](C1)C2OC(=O)N1CCc2ccccc2[C@@H]1c1ccc(F)cc1. The van der Waals surface area contributed by atoms with Crippen molar-refractivity contribution in [3.8, 4) is 0 Å². The molecule has 2 bridgehead atoms. The maximum absolute atomic E-state index is 13.6. The van der Waals surface area contributed by atoms with E-state index in [-0.39, 0.29) is 35.9 Å². The zero-order chi connectivity index (χ0) is 20.7. The molecule has 3 aliphatic heterocycles. The van der Waals surface area contributed by atoms with Gasteiger partial charge in [-0.2, -0.15) is 0 Å². The van der Waals surface area contributed by atoms with E-state index >= 15 is 0 Å². The van der Waals surface area contributed by atoms with Gasteiger partial charge in [0, 0.05) is 31.5 Å². The summed E-state index contributed by atoms with van der Waals surface area (Å²) in [6.45, 7) is 3.58. The number of hydrogen-bond donors (Lipinski definition) is 0. The van der Waals surface area contributed by atoms with E-state index in [1.54, 1.807) is 12.1 Å². The molecule has 2 aromatic rings. The van der Waals surface area contributed by atoms with E-state index in [4.69, 9.17) is 9.47 Å². The van der Waals surface area contributed by atoms with Crippen molar-refractivity contribution in [3.63, 3.8) is 0 Å². The Balaban J connectivity index is 1.43. The van der Waals surface area contributed by atoms with Crippen LogP contribution in [0.1, 0.15) is 22.7 Å². The van der Waals surface area contributed by atoms with Crippen molar-refractivity contribution in [2.24, 2.45) is 11.8 Å². The largest absolute Gasteiger partial charge is 0.445 e. The van der Waals surface area contributed by atoms with E-state index < -0.39 is 0 Å². The van der Waals surface area contributed by atoms with Crippen LogP contribution < -0.4 is 0 Å². The third-order valence-electron chi connectivity index (χ3n) is 6.63. The summed E-state index contributed by atoms with van der Waals surface area (Å²) in [6.07, 6.45) is 0.380. The summed E-state index contributed by atoms with van der Waals surface area (Å²) < 4.78 is 25.4. The molecular weight excluding hydrogens is 383 g/mol. The Labute approximate surface area is 176 Å². The molecule has 2 saturated heterocycles. The lowest BCUT2D eigenvalue weighted by atomic mass is 9.85. The fourth-order valence-electron chi connectivity index (χ4n) is 5.28. The molecule has 0 N–H and O–H groups in total. The molecule has 3 heterocycles. The number of benzene rings is 2. The fourth-order valence-corrected chi connectivity index (χ4v) is 5.28. The molecule has 2 fully saturated rings.